The number of carbonyl (C=O) groups is 2. The molecule has 0 spiro atoms. The SMILES string of the molecule is CNCCN(C)C(=O)Nc1c(Cl)cc(Cl)cc1C(=O)O. The average Bonchev–Trinajstić information content (AvgIpc) is 2.38. The third kappa shape index (κ3) is 4.26. The normalized spacial score (nSPS) is 10.2. The number of halogens is 2. The van der Waals surface area contributed by atoms with Crippen LogP contribution >= 0.6 is 23.2 Å². The summed E-state index contributed by atoms with van der Waals surface area (Å²) < 4.78 is 0. The molecule has 0 aliphatic rings. The van der Waals surface area contributed by atoms with Crippen LogP contribution in [-0.2, 0) is 0 Å². The summed E-state index contributed by atoms with van der Waals surface area (Å²) in [6.45, 7) is 1.08. The summed E-state index contributed by atoms with van der Waals surface area (Å²) in [5, 5.41) is 14.8. The number of likely N-dealkylation sites (N-methyl/N-ethyl adjacent to an activating group) is 2. The predicted octanol–water partition coefficient (Wildman–Crippen LogP) is 2.37. The van der Waals surface area contributed by atoms with E-state index in [0.717, 1.165) is 0 Å². The molecule has 1 aromatic carbocycles. The molecule has 2 amide bonds. The van der Waals surface area contributed by atoms with Crippen LogP contribution in [0.5, 0.6) is 0 Å². The van der Waals surface area contributed by atoms with Crippen molar-refractivity contribution in [2.75, 3.05) is 32.5 Å². The van der Waals surface area contributed by atoms with Gasteiger partial charge in [0.15, 0.2) is 0 Å². The Morgan fingerprint density at radius 1 is 1.35 bits per heavy atom. The number of hydrogen-bond acceptors (Lipinski definition) is 3. The molecule has 0 saturated carbocycles. The number of aromatic carboxylic acids is 1. The lowest BCUT2D eigenvalue weighted by molar-refractivity contribution is 0.0698. The largest absolute Gasteiger partial charge is 0.478 e. The van der Waals surface area contributed by atoms with Gasteiger partial charge in [0.25, 0.3) is 0 Å². The van der Waals surface area contributed by atoms with Crippen LogP contribution in [0.15, 0.2) is 12.1 Å². The molecule has 0 radical (unpaired) electrons. The van der Waals surface area contributed by atoms with E-state index in [9.17, 15) is 9.59 Å². The Hall–Kier alpha value is -1.50. The highest BCUT2D eigenvalue weighted by Crippen LogP contribution is 2.30. The number of amides is 2. The van der Waals surface area contributed by atoms with E-state index in [1.165, 1.54) is 17.0 Å². The number of nitrogens with zero attached hydrogens (tertiary/aromatic N) is 1. The predicted molar refractivity (Wildman–Crippen MR) is 79.0 cm³/mol. The van der Waals surface area contributed by atoms with Crippen molar-refractivity contribution in [2.45, 2.75) is 0 Å². The summed E-state index contributed by atoms with van der Waals surface area (Å²) in [5.74, 6) is -1.22. The number of carbonyl (C=O) groups excluding carboxylic acids is 1. The van der Waals surface area contributed by atoms with Crippen LogP contribution in [-0.4, -0.2) is 49.2 Å². The van der Waals surface area contributed by atoms with E-state index in [-0.39, 0.29) is 21.3 Å². The smallest absolute Gasteiger partial charge is 0.337 e. The molecule has 0 aliphatic carbocycles. The van der Waals surface area contributed by atoms with Crippen LogP contribution < -0.4 is 10.6 Å². The maximum absolute atomic E-state index is 11.9. The second-order valence-corrected chi connectivity index (χ2v) is 4.91. The Bertz CT molecular complexity index is 523. The van der Waals surface area contributed by atoms with E-state index < -0.39 is 12.0 Å². The standard InChI is InChI=1S/C12H15Cl2N3O3/c1-15-3-4-17(2)12(20)16-10-8(11(18)19)5-7(13)6-9(10)14/h5-6,15H,3-4H2,1-2H3,(H,16,20)(H,18,19). The molecular weight excluding hydrogens is 305 g/mol. The Labute approximate surface area is 126 Å². The van der Waals surface area contributed by atoms with Crippen LogP contribution in [0.3, 0.4) is 0 Å². The molecule has 20 heavy (non-hydrogen) atoms. The summed E-state index contributed by atoms with van der Waals surface area (Å²) in [6, 6.07) is 2.16. The van der Waals surface area contributed by atoms with E-state index in [1.807, 2.05) is 0 Å². The average molecular weight is 320 g/mol. The van der Waals surface area contributed by atoms with Crippen molar-refractivity contribution in [3.05, 3.63) is 27.7 Å². The molecule has 0 atom stereocenters. The first-order chi connectivity index (χ1) is 9.36. The fourth-order valence-corrected chi connectivity index (χ4v) is 1.99. The van der Waals surface area contributed by atoms with Crippen molar-refractivity contribution in [1.29, 1.82) is 0 Å². The molecule has 1 aromatic rings. The van der Waals surface area contributed by atoms with Gasteiger partial charge in [0.05, 0.1) is 16.3 Å². The second kappa shape index (κ2) is 7.33. The molecule has 0 aliphatic heterocycles. The first-order valence-electron chi connectivity index (χ1n) is 5.76. The van der Waals surface area contributed by atoms with Crippen molar-refractivity contribution in [3.8, 4) is 0 Å². The minimum atomic E-state index is -1.22. The summed E-state index contributed by atoms with van der Waals surface area (Å²) in [4.78, 5) is 24.5. The van der Waals surface area contributed by atoms with Gasteiger partial charge in [-0.3, -0.25) is 0 Å². The van der Waals surface area contributed by atoms with E-state index in [1.54, 1.807) is 14.1 Å². The van der Waals surface area contributed by atoms with Gasteiger partial charge in [-0.05, 0) is 19.2 Å². The van der Waals surface area contributed by atoms with Gasteiger partial charge >= 0.3 is 12.0 Å². The summed E-state index contributed by atoms with van der Waals surface area (Å²) in [6.07, 6.45) is 0. The molecule has 8 heteroatoms. The third-order valence-electron chi connectivity index (χ3n) is 2.56. The number of nitrogens with one attached hydrogen (secondary N) is 2. The monoisotopic (exact) mass is 319 g/mol. The Morgan fingerprint density at radius 2 is 2.00 bits per heavy atom. The van der Waals surface area contributed by atoms with E-state index in [2.05, 4.69) is 10.6 Å². The summed E-state index contributed by atoms with van der Waals surface area (Å²) in [5.41, 5.74) is -0.122. The Morgan fingerprint density at radius 3 is 2.55 bits per heavy atom. The molecule has 110 valence electrons. The quantitative estimate of drug-likeness (QED) is 0.778. The van der Waals surface area contributed by atoms with E-state index in [0.29, 0.717) is 13.1 Å². The molecule has 3 N–H and O–H groups in total. The van der Waals surface area contributed by atoms with Crippen LogP contribution in [0.1, 0.15) is 10.4 Å². The van der Waals surface area contributed by atoms with E-state index in [4.69, 9.17) is 28.3 Å². The zero-order chi connectivity index (χ0) is 15.3. The van der Waals surface area contributed by atoms with Crippen molar-refractivity contribution < 1.29 is 14.7 Å². The number of benzene rings is 1. The van der Waals surface area contributed by atoms with E-state index >= 15 is 0 Å². The fourth-order valence-electron chi connectivity index (χ4n) is 1.45. The lowest BCUT2D eigenvalue weighted by atomic mass is 10.2. The van der Waals surface area contributed by atoms with Gasteiger partial charge in [-0.15, -0.1) is 0 Å². The van der Waals surface area contributed by atoms with Crippen molar-refractivity contribution in [2.24, 2.45) is 0 Å². The van der Waals surface area contributed by atoms with Gasteiger partial charge in [0.1, 0.15) is 0 Å². The molecular formula is C12H15Cl2N3O3. The van der Waals surface area contributed by atoms with Crippen LogP contribution in [0.4, 0.5) is 10.5 Å². The maximum atomic E-state index is 11.9. The zero-order valence-corrected chi connectivity index (χ0v) is 12.5. The van der Waals surface area contributed by atoms with Crippen molar-refractivity contribution in [1.82, 2.24) is 10.2 Å². The molecule has 1 rings (SSSR count). The number of urea groups is 1. The van der Waals surface area contributed by atoms with Gasteiger partial charge in [-0.25, -0.2) is 9.59 Å². The highest BCUT2D eigenvalue weighted by Gasteiger charge is 2.18. The molecule has 0 unspecified atom stereocenters. The number of carboxylic acids is 1. The number of hydrogen-bond donors (Lipinski definition) is 3. The highest BCUT2D eigenvalue weighted by atomic mass is 35.5. The van der Waals surface area contributed by atoms with Gasteiger partial charge in [-0.1, -0.05) is 23.2 Å². The van der Waals surface area contributed by atoms with Gasteiger partial charge in [0.2, 0.25) is 0 Å². The lowest BCUT2D eigenvalue weighted by Gasteiger charge is -2.19. The number of anilines is 1. The topological polar surface area (TPSA) is 81.7 Å². The first-order valence-corrected chi connectivity index (χ1v) is 6.51. The second-order valence-electron chi connectivity index (χ2n) is 4.07. The van der Waals surface area contributed by atoms with Gasteiger partial charge in [-0.2, -0.15) is 0 Å². The minimum absolute atomic E-state index is 0.0323. The lowest BCUT2D eigenvalue weighted by Crippen LogP contribution is -2.36. The molecule has 0 bridgehead atoms. The number of carboxylic acid groups (broad SMARTS) is 1. The molecule has 0 saturated heterocycles. The van der Waals surface area contributed by atoms with Crippen LogP contribution in [0, 0.1) is 0 Å². The maximum Gasteiger partial charge on any atom is 0.337 e. The Balaban J connectivity index is 2.97. The summed E-state index contributed by atoms with van der Waals surface area (Å²) in [7, 11) is 3.36. The highest BCUT2D eigenvalue weighted by molar-refractivity contribution is 6.37. The van der Waals surface area contributed by atoms with Crippen LogP contribution in [0.25, 0.3) is 0 Å². The number of rotatable bonds is 5. The van der Waals surface area contributed by atoms with Gasteiger partial charge < -0.3 is 20.6 Å². The molecule has 0 heterocycles. The van der Waals surface area contributed by atoms with Crippen LogP contribution in [0.2, 0.25) is 10.0 Å². The van der Waals surface area contributed by atoms with Crippen molar-refractivity contribution in [3.63, 3.8) is 0 Å². The summed E-state index contributed by atoms with van der Waals surface area (Å²) >= 11 is 11.7. The van der Waals surface area contributed by atoms with Gasteiger partial charge in [0, 0.05) is 25.2 Å². The van der Waals surface area contributed by atoms with Crippen molar-refractivity contribution >= 4 is 40.9 Å². The third-order valence-corrected chi connectivity index (χ3v) is 3.08. The fraction of sp³-hybridized carbons (Fsp3) is 0.333. The Kier molecular flexibility index (Phi) is 6.06. The molecule has 6 nitrogen and oxygen atoms in total. The minimum Gasteiger partial charge on any atom is -0.478 e. The molecule has 0 fully saturated rings. The molecule has 0 aromatic heterocycles. The zero-order valence-electron chi connectivity index (χ0n) is 11.0. The first kappa shape index (κ1) is 16.6.